The fourth-order valence-corrected chi connectivity index (χ4v) is 2.28. The molecule has 3 rings (SSSR count). The van der Waals surface area contributed by atoms with Crippen molar-refractivity contribution in [3.05, 3.63) is 42.5 Å². The highest BCUT2D eigenvalue weighted by Crippen LogP contribution is 2.22. The number of nitrogens with zero attached hydrogens (tertiary/aromatic N) is 4. The van der Waals surface area contributed by atoms with E-state index >= 15 is 0 Å². The molecule has 0 radical (unpaired) electrons. The first-order valence-corrected chi connectivity index (χ1v) is 5.92. The molecule has 0 bridgehead atoms. The van der Waals surface area contributed by atoms with E-state index in [0.29, 0.717) is 6.04 Å². The Balaban J connectivity index is 1.81. The van der Waals surface area contributed by atoms with Crippen molar-refractivity contribution in [2.24, 2.45) is 0 Å². The van der Waals surface area contributed by atoms with Crippen molar-refractivity contribution < 1.29 is 0 Å². The molecule has 2 aromatic heterocycles. The van der Waals surface area contributed by atoms with Crippen LogP contribution in [0, 0.1) is 0 Å². The van der Waals surface area contributed by atoms with E-state index < -0.39 is 0 Å². The van der Waals surface area contributed by atoms with Gasteiger partial charge in [-0.15, -0.1) is 0 Å². The highest BCUT2D eigenvalue weighted by molar-refractivity contribution is 5.10. The Hall–Kier alpha value is -1.75. The van der Waals surface area contributed by atoms with Crippen LogP contribution in [0.25, 0.3) is 0 Å². The fraction of sp³-hybridized carbons (Fsp3) is 0.417. The number of hydrogen-bond acceptors (Lipinski definition) is 4. The molecule has 0 spiro atoms. The maximum Gasteiger partial charge on any atom is 0.115 e. The molecule has 1 saturated heterocycles. The van der Waals surface area contributed by atoms with Crippen LogP contribution in [-0.4, -0.2) is 26.1 Å². The molecule has 5 nitrogen and oxygen atoms in total. The van der Waals surface area contributed by atoms with Gasteiger partial charge in [-0.1, -0.05) is 0 Å². The average molecular weight is 229 g/mol. The number of nitrogens with one attached hydrogen (secondary N) is 1. The summed E-state index contributed by atoms with van der Waals surface area (Å²) < 4.78 is 2.16. The van der Waals surface area contributed by atoms with Crippen molar-refractivity contribution in [1.82, 2.24) is 24.8 Å². The highest BCUT2D eigenvalue weighted by atomic mass is 15.1. The van der Waals surface area contributed by atoms with Crippen LogP contribution in [0.3, 0.4) is 0 Å². The number of imidazole rings is 1. The van der Waals surface area contributed by atoms with Crippen LogP contribution in [0.1, 0.15) is 30.3 Å². The number of hydrogen-bond donors (Lipinski definition) is 1. The van der Waals surface area contributed by atoms with Crippen molar-refractivity contribution in [1.29, 1.82) is 0 Å². The molecule has 0 aromatic carbocycles. The third-order valence-corrected chi connectivity index (χ3v) is 3.14. The van der Waals surface area contributed by atoms with Gasteiger partial charge in [0.1, 0.15) is 6.33 Å². The maximum absolute atomic E-state index is 4.24. The van der Waals surface area contributed by atoms with Gasteiger partial charge in [-0.25, -0.2) is 15.0 Å². The van der Waals surface area contributed by atoms with Crippen molar-refractivity contribution in [2.75, 3.05) is 6.54 Å². The van der Waals surface area contributed by atoms with E-state index in [1.807, 2.05) is 18.6 Å². The lowest BCUT2D eigenvalue weighted by Gasteiger charge is -2.13. The van der Waals surface area contributed by atoms with Gasteiger partial charge in [0.25, 0.3) is 0 Å². The summed E-state index contributed by atoms with van der Waals surface area (Å²) in [6.45, 7) is 1.86. The third-order valence-electron chi connectivity index (χ3n) is 3.14. The summed E-state index contributed by atoms with van der Waals surface area (Å²) in [5.41, 5.74) is 2.26. The second-order valence-electron chi connectivity index (χ2n) is 4.30. The fourth-order valence-electron chi connectivity index (χ4n) is 2.28. The van der Waals surface area contributed by atoms with E-state index in [1.165, 1.54) is 18.5 Å². The molecule has 0 unspecified atom stereocenters. The van der Waals surface area contributed by atoms with Gasteiger partial charge in [0.2, 0.25) is 0 Å². The van der Waals surface area contributed by atoms with E-state index in [9.17, 15) is 0 Å². The van der Waals surface area contributed by atoms with E-state index in [2.05, 4.69) is 24.8 Å². The molecule has 0 aliphatic carbocycles. The second-order valence-corrected chi connectivity index (χ2v) is 4.30. The third kappa shape index (κ3) is 2.19. The van der Waals surface area contributed by atoms with E-state index in [0.717, 1.165) is 18.8 Å². The first-order chi connectivity index (χ1) is 8.43. The molecule has 2 aromatic rings. The number of aromatic nitrogens is 4. The normalized spacial score (nSPS) is 19.6. The Morgan fingerprint density at radius 3 is 3.18 bits per heavy atom. The van der Waals surface area contributed by atoms with Crippen molar-refractivity contribution in [3.63, 3.8) is 0 Å². The second kappa shape index (κ2) is 4.63. The van der Waals surface area contributed by atoms with Gasteiger partial charge in [-0.3, -0.25) is 0 Å². The standard InChI is InChI=1S/C12H15N5/c1-2-11(15-4-1)12-6-14-9-17(12)7-10-3-5-13-8-16-10/h3,5-6,8-9,11,15H,1-2,4,7H2/t11-/m0/s1. The lowest BCUT2D eigenvalue weighted by atomic mass is 10.2. The molecule has 1 aliphatic heterocycles. The zero-order chi connectivity index (χ0) is 11.5. The Labute approximate surface area is 99.9 Å². The van der Waals surface area contributed by atoms with Crippen molar-refractivity contribution in [2.45, 2.75) is 25.4 Å². The predicted octanol–water partition coefficient (Wildman–Crippen LogP) is 1.15. The molecule has 5 heteroatoms. The lowest BCUT2D eigenvalue weighted by Crippen LogP contribution is -2.17. The molecule has 0 amide bonds. The summed E-state index contributed by atoms with van der Waals surface area (Å²) in [5, 5.41) is 3.49. The van der Waals surface area contributed by atoms with Crippen LogP contribution in [0.15, 0.2) is 31.1 Å². The van der Waals surface area contributed by atoms with Crippen LogP contribution in [-0.2, 0) is 6.54 Å². The number of rotatable bonds is 3. The van der Waals surface area contributed by atoms with Crippen LogP contribution < -0.4 is 5.32 Å². The van der Waals surface area contributed by atoms with E-state index in [1.54, 1.807) is 12.5 Å². The van der Waals surface area contributed by atoms with Gasteiger partial charge in [-0.2, -0.15) is 0 Å². The lowest BCUT2D eigenvalue weighted by molar-refractivity contribution is 0.581. The van der Waals surface area contributed by atoms with Crippen LogP contribution >= 0.6 is 0 Å². The van der Waals surface area contributed by atoms with Crippen molar-refractivity contribution >= 4 is 0 Å². The maximum atomic E-state index is 4.24. The summed E-state index contributed by atoms with van der Waals surface area (Å²) in [7, 11) is 0. The summed E-state index contributed by atoms with van der Waals surface area (Å²) in [5.74, 6) is 0. The van der Waals surface area contributed by atoms with Gasteiger partial charge in [0.15, 0.2) is 0 Å². The molecule has 1 aliphatic rings. The Bertz CT molecular complexity index is 473. The predicted molar refractivity (Wildman–Crippen MR) is 63.3 cm³/mol. The molecule has 17 heavy (non-hydrogen) atoms. The van der Waals surface area contributed by atoms with Gasteiger partial charge < -0.3 is 9.88 Å². The zero-order valence-corrected chi connectivity index (χ0v) is 9.58. The SMILES string of the molecule is c1cc(Cn2cncc2[C@@H]2CCCN2)ncn1. The van der Waals surface area contributed by atoms with Gasteiger partial charge >= 0.3 is 0 Å². The van der Waals surface area contributed by atoms with Crippen molar-refractivity contribution in [3.8, 4) is 0 Å². The summed E-state index contributed by atoms with van der Waals surface area (Å²) in [6.07, 6.45) is 9.60. The molecule has 1 atom stereocenters. The zero-order valence-electron chi connectivity index (χ0n) is 9.58. The largest absolute Gasteiger partial charge is 0.327 e. The van der Waals surface area contributed by atoms with Crippen LogP contribution in [0.2, 0.25) is 0 Å². The topological polar surface area (TPSA) is 55.6 Å². The summed E-state index contributed by atoms with van der Waals surface area (Å²) >= 11 is 0. The van der Waals surface area contributed by atoms with Gasteiger partial charge in [-0.05, 0) is 25.5 Å². The first-order valence-electron chi connectivity index (χ1n) is 5.92. The van der Waals surface area contributed by atoms with E-state index in [4.69, 9.17) is 0 Å². The molecule has 3 heterocycles. The van der Waals surface area contributed by atoms with E-state index in [-0.39, 0.29) is 0 Å². The quantitative estimate of drug-likeness (QED) is 0.857. The molecular weight excluding hydrogens is 214 g/mol. The Kier molecular flexibility index (Phi) is 2.83. The molecule has 1 N–H and O–H groups in total. The van der Waals surface area contributed by atoms with Gasteiger partial charge in [0, 0.05) is 18.4 Å². The molecule has 88 valence electrons. The summed E-state index contributed by atoms with van der Waals surface area (Å²) in [6, 6.07) is 2.38. The Morgan fingerprint density at radius 1 is 1.41 bits per heavy atom. The van der Waals surface area contributed by atoms with Crippen LogP contribution in [0.4, 0.5) is 0 Å². The molecule has 0 saturated carbocycles. The smallest absolute Gasteiger partial charge is 0.115 e. The highest BCUT2D eigenvalue weighted by Gasteiger charge is 2.19. The molecule has 1 fully saturated rings. The first kappa shape index (κ1) is 10.4. The van der Waals surface area contributed by atoms with Gasteiger partial charge in [0.05, 0.1) is 24.3 Å². The summed E-state index contributed by atoms with van der Waals surface area (Å²) in [4.78, 5) is 12.4. The van der Waals surface area contributed by atoms with Crippen LogP contribution in [0.5, 0.6) is 0 Å². The Morgan fingerprint density at radius 2 is 2.41 bits per heavy atom. The average Bonchev–Trinajstić information content (AvgIpc) is 3.00. The molecular formula is C12H15N5. The minimum Gasteiger partial charge on any atom is -0.327 e. The minimum atomic E-state index is 0.444. The monoisotopic (exact) mass is 229 g/mol. The minimum absolute atomic E-state index is 0.444.